The van der Waals surface area contributed by atoms with Crippen LogP contribution in [0.3, 0.4) is 0 Å². The van der Waals surface area contributed by atoms with Gasteiger partial charge in [-0.3, -0.25) is 0 Å². The number of rotatable bonds is 1. The third-order valence-corrected chi connectivity index (χ3v) is 2.45. The van der Waals surface area contributed by atoms with Gasteiger partial charge in [0.05, 0.1) is 11.1 Å². The van der Waals surface area contributed by atoms with Crippen molar-refractivity contribution in [3.05, 3.63) is 34.9 Å². The Morgan fingerprint density at radius 1 is 0.833 bits per heavy atom. The van der Waals surface area contributed by atoms with Crippen molar-refractivity contribution in [2.45, 2.75) is 31.5 Å². The molecule has 0 amide bonds. The van der Waals surface area contributed by atoms with Gasteiger partial charge in [0, 0.05) is 5.33 Å². The Hall–Kier alpha value is -0.720. The summed E-state index contributed by atoms with van der Waals surface area (Å²) in [5, 5.41) is -0.0694. The van der Waals surface area contributed by atoms with Gasteiger partial charge in [0.2, 0.25) is 0 Å². The van der Waals surface area contributed by atoms with E-state index in [0.717, 1.165) is 0 Å². The quantitative estimate of drug-likeness (QED) is 0.459. The molecule has 1 aromatic carbocycles. The summed E-state index contributed by atoms with van der Waals surface area (Å²) in [7, 11) is 0. The first-order valence-corrected chi connectivity index (χ1v) is 6.11. The van der Waals surface area contributed by atoms with E-state index in [0.29, 0.717) is 12.1 Å². The van der Waals surface area contributed by atoms with Crippen LogP contribution in [0.4, 0.5) is 26.3 Å². The van der Waals surface area contributed by atoms with Gasteiger partial charge in [-0.15, -0.1) is 0 Å². The van der Waals surface area contributed by atoms with Crippen molar-refractivity contribution >= 4 is 15.9 Å². The zero-order valence-electron chi connectivity index (χ0n) is 9.58. The third kappa shape index (κ3) is 4.88. The van der Waals surface area contributed by atoms with Crippen LogP contribution in [0.1, 0.15) is 30.5 Å². The number of hydrogen-bond donors (Lipinski definition) is 0. The van der Waals surface area contributed by atoms with E-state index in [1.807, 2.05) is 13.8 Å². The van der Waals surface area contributed by atoms with Crippen LogP contribution in [0, 0.1) is 0 Å². The summed E-state index contributed by atoms with van der Waals surface area (Å²) < 4.78 is 73.7. The molecule has 0 saturated heterocycles. The van der Waals surface area contributed by atoms with Crippen LogP contribution in [0.25, 0.3) is 0 Å². The molecule has 104 valence electrons. The summed E-state index contributed by atoms with van der Waals surface area (Å²) in [6.45, 7) is 4.00. The first-order valence-electron chi connectivity index (χ1n) is 4.99. The Labute approximate surface area is 109 Å². The summed E-state index contributed by atoms with van der Waals surface area (Å²) in [6.07, 6.45) is -9.56. The highest BCUT2D eigenvalue weighted by Crippen LogP contribution is 2.36. The number of halogens is 7. The Kier molecular flexibility index (Phi) is 6.19. The highest BCUT2D eigenvalue weighted by atomic mass is 79.9. The molecule has 18 heavy (non-hydrogen) atoms. The van der Waals surface area contributed by atoms with Gasteiger partial charge >= 0.3 is 12.4 Å². The smallest absolute Gasteiger partial charge is 0.166 e. The lowest BCUT2D eigenvalue weighted by Gasteiger charge is -2.13. The lowest BCUT2D eigenvalue weighted by molar-refractivity contribution is -0.143. The number of hydrogen-bond acceptors (Lipinski definition) is 0. The van der Waals surface area contributed by atoms with E-state index in [1.165, 1.54) is 0 Å². The van der Waals surface area contributed by atoms with Gasteiger partial charge in [0.15, 0.2) is 0 Å². The average molecular weight is 337 g/mol. The Bertz CT molecular complexity index is 348. The van der Waals surface area contributed by atoms with Crippen molar-refractivity contribution in [3.63, 3.8) is 0 Å². The van der Waals surface area contributed by atoms with Crippen LogP contribution in [-0.2, 0) is 17.7 Å². The Balaban J connectivity index is 0.00000137. The second kappa shape index (κ2) is 6.45. The highest BCUT2D eigenvalue weighted by molar-refractivity contribution is 9.08. The highest BCUT2D eigenvalue weighted by Gasteiger charge is 2.36. The summed E-state index contributed by atoms with van der Waals surface area (Å²) in [6, 6.07) is 1.47. The van der Waals surface area contributed by atoms with Gasteiger partial charge in [0.25, 0.3) is 0 Å². The molecule has 0 fully saturated rings. The fraction of sp³-hybridized carbons (Fsp3) is 0.455. The second-order valence-electron chi connectivity index (χ2n) is 3.05. The molecule has 0 radical (unpaired) electrons. The van der Waals surface area contributed by atoms with Gasteiger partial charge < -0.3 is 0 Å². The molecule has 0 saturated carbocycles. The molecule has 0 N–H and O–H groups in total. The average Bonchev–Trinajstić information content (AvgIpc) is 2.29. The van der Waals surface area contributed by atoms with E-state index in [9.17, 15) is 26.3 Å². The normalized spacial score (nSPS) is 11.8. The molecule has 0 spiro atoms. The van der Waals surface area contributed by atoms with Crippen molar-refractivity contribution in [1.82, 2.24) is 0 Å². The minimum Gasteiger partial charge on any atom is -0.166 e. The van der Waals surface area contributed by atoms with E-state index in [4.69, 9.17) is 0 Å². The summed E-state index contributed by atoms with van der Waals surface area (Å²) >= 11 is 2.82. The third-order valence-electron chi connectivity index (χ3n) is 1.80. The molecule has 0 nitrogen and oxygen atoms in total. The zero-order chi connectivity index (χ0) is 14.6. The summed E-state index contributed by atoms with van der Waals surface area (Å²) in [4.78, 5) is 0. The SMILES string of the molecule is CC.FC(F)(F)c1cc(CBr)cc(C(F)(F)F)c1. The molecule has 0 aliphatic rings. The van der Waals surface area contributed by atoms with Crippen molar-refractivity contribution in [3.8, 4) is 0 Å². The van der Waals surface area contributed by atoms with Gasteiger partial charge in [0.1, 0.15) is 0 Å². The lowest BCUT2D eigenvalue weighted by atomic mass is 10.1. The molecule has 0 aliphatic carbocycles. The number of alkyl halides is 7. The van der Waals surface area contributed by atoms with Crippen molar-refractivity contribution in [1.29, 1.82) is 0 Å². The standard InChI is InChI=1S/C9H5BrF6.C2H6/c10-4-5-1-6(8(11,12)13)3-7(2-5)9(14,15)16;1-2/h1-3H,4H2;1-2H3. The van der Waals surface area contributed by atoms with E-state index in [2.05, 4.69) is 15.9 Å². The molecule has 0 unspecified atom stereocenters. The summed E-state index contributed by atoms with van der Waals surface area (Å²) in [5.74, 6) is 0. The maximum absolute atomic E-state index is 12.3. The van der Waals surface area contributed by atoms with Crippen LogP contribution < -0.4 is 0 Å². The largest absolute Gasteiger partial charge is 0.416 e. The molecule has 0 aromatic heterocycles. The summed E-state index contributed by atoms with van der Waals surface area (Å²) in [5.41, 5.74) is -2.66. The van der Waals surface area contributed by atoms with Crippen LogP contribution >= 0.6 is 15.9 Å². The molecule has 0 atom stereocenters. The van der Waals surface area contributed by atoms with Crippen molar-refractivity contribution in [2.24, 2.45) is 0 Å². The van der Waals surface area contributed by atoms with E-state index < -0.39 is 23.5 Å². The van der Waals surface area contributed by atoms with E-state index in [1.54, 1.807) is 0 Å². The first-order chi connectivity index (χ1) is 8.14. The molecular formula is C11H11BrF6. The van der Waals surface area contributed by atoms with Crippen molar-refractivity contribution in [2.75, 3.05) is 0 Å². The van der Waals surface area contributed by atoms with E-state index >= 15 is 0 Å². The van der Waals surface area contributed by atoms with Crippen LogP contribution in [0.15, 0.2) is 18.2 Å². The van der Waals surface area contributed by atoms with Crippen LogP contribution in [0.2, 0.25) is 0 Å². The first kappa shape index (κ1) is 17.3. The Morgan fingerprint density at radius 3 is 1.39 bits per heavy atom. The molecule has 1 rings (SSSR count). The van der Waals surface area contributed by atoms with Gasteiger partial charge in [-0.05, 0) is 23.8 Å². The molecule has 7 heteroatoms. The number of benzene rings is 1. The molecule has 1 aromatic rings. The monoisotopic (exact) mass is 336 g/mol. The fourth-order valence-electron chi connectivity index (χ4n) is 1.10. The molecule has 0 heterocycles. The Morgan fingerprint density at radius 2 is 1.17 bits per heavy atom. The maximum Gasteiger partial charge on any atom is 0.416 e. The molecule has 0 bridgehead atoms. The zero-order valence-corrected chi connectivity index (χ0v) is 11.2. The molecule has 0 aliphatic heterocycles. The maximum atomic E-state index is 12.3. The minimum atomic E-state index is -4.78. The van der Waals surface area contributed by atoms with Crippen molar-refractivity contribution < 1.29 is 26.3 Å². The van der Waals surface area contributed by atoms with Crippen LogP contribution in [-0.4, -0.2) is 0 Å². The second-order valence-corrected chi connectivity index (χ2v) is 3.61. The predicted octanol–water partition coefficient (Wildman–Crippen LogP) is 5.65. The topological polar surface area (TPSA) is 0 Å². The van der Waals surface area contributed by atoms with E-state index in [-0.39, 0.29) is 17.0 Å². The molecular weight excluding hydrogens is 326 g/mol. The van der Waals surface area contributed by atoms with Gasteiger partial charge in [-0.25, -0.2) is 0 Å². The van der Waals surface area contributed by atoms with Crippen LogP contribution in [0.5, 0.6) is 0 Å². The minimum absolute atomic E-state index is 0.0675. The lowest BCUT2D eigenvalue weighted by Crippen LogP contribution is -2.11. The fourth-order valence-corrected chi connectivity index (χ4v) is 1.42. The predicted molar refractivity (Wildman–Crippen MR) is 60.4 cm³/mol. The van der Waals surface area contributed by atoms with Gasteiger partial charge in [-0.2, -0.15) is 26.3 Å². The van der Waals surface area contributed by atoms with Gasteiger partial charge in [-0.1, -0.05) is 29.8 Å².